The highest BCUT2D eigenvalue weighted by molar-refractivity contribution is 5.75. The lowest BCUT2D eigenvalue weighted by Gasteiger charge is -2.20. The lowest BCUT2D eigenvalue weighted by atomic mass is 10.1. The first kappa shape index (κ1) is 25.7. The quantitative estimate of drug-likeness (QED) is 0.193. The van der Waals surface area contributed by atoms with Crippen molar-refractivity contribution < 1.29 is 28.5 Å². The van der Waals surface area contributed by atoms with Crippen molar-refractivity contribution in [3.8, 4) is 0 Å². The lowest BCUT2D eigenvalue weighted by molar-refractivity contribution is -0.149. The van der Waals surface area contributed by atoms with Gasteiger partial charge in [0.05, 0.1) is 26.4 Å². The molecule has 0 saturated carbocycles. The molecule has 0 radical (unpaired) electrons. The van der Waals surface area contributed by atoms with Crippen LogP contribution in [0.25, 0.3) is 0 Å². The van der Waals surface area contributed by atoms with Crippen LogP contribution in [-0.2, 0) is 28.5 Å². The molecule has 0 aromatic rings. The van der Waals surface area contributed by atoms with Crippen molar-refractivity contribution in [2.75, 3.05) is 52.7 Å². The minimum atomic E-state index is -0.575. The Bertz CT molecular complexity index is 401. The van der Waals surface area contributed by atoms with Crippen LogP contribution < -0.4 is 16.4 Å². The zero-order valence-corrected chi connectivity index (χ0v) is 17.2. The third-order valence-corrected chi connectivity index (χ3v) is 3.16. The molecular formula is C18H37N3O6. The maximum atomic E-state index is 11.7. The normalized spacial score (nSPS) is 12.6. The molecular weight excluding hydrogens is 354 g/mol. The van der Waals surface area contributed by atoms with Gasteiger partial charge < -0.3 is 35.3 Å². The molecule has 0 heterocycles. The van der Waals surface area contributed by atoms with Crippen molar-refractivity contribution in [2.24, 2.45) is 5.73 Å². The Kier molecular flexibility index (Phi) is 15.0. The second-order valence-corrected chi connectivity index (χ2v) is 6.97. The number of rotatable bonds is 16. The van der Waals surface area contributed by atoms with E-state index >= 15 is 0 Å². The van der Waals surface area contributed by atoms with Gasteiger partial charge in [0.15, 0.2) is 0 Å². The lowest BCUT2D eigenvalue weighted by Crippen LogP contribution is -2.41. The van der Waals surface area contributed by atoms with E-state index in [1.165, 1.54) is 0 Å². The van der Waals surface area contributed by atoms with Crippen LogP contribution >= 0.6 is 0 Å². The average molecular weight is 392 g/mol. The third-order valence-electron chi connectivity index (χ3n) is 3.16. The van der Waals surface area contributed by atoms with Crippen LogP contribution in [0.3, 0.4) is 0 Å². The molecule has 1 amide bonds. The number of amides is 1. The second kappa shape index (κ2) is 15.8. The SMILES string of the molecule is CCOC(=O)COCCOC(N)COCCCC(=O)NCCNC(C)(C)C. The van der Waals surface area contributed by atoms with E-state index in [0.29, 0.717) is 32.6 Å². The Morgan fingerprint density at radius 2 is 1.81 bits per heavy atom. The van der Waals surface area contributed by atoms with Crippen molar-refractivity contribution in [1.29, 1.82) is 0 Å². The van der Waals surface area contributed by atoms with Gasteiger partial charge in [0.2, 0.25) is 5.91 Å². The highest BCUT2D eigenvalue weighted by Gasteiger charge is 2.08. The van der Waals surface area contributed by atoms with Gasteiger partial charge in [-0.25, -0.2) is 4.79 Å². The van der Waals surface area contributed by atoms with Crippen molar-refractivity contribution >= 4 is 11.9 Å². The van der Waals surface area contributed by atoms with E-state index in [9.17, 15) is 9.59 Å². The van der Waals surface area contributed by atoms with Crippen LogP contribution in [0.4, 0.5) is 0 Å². The molecule has 4 N–H and O–H groups in total. The van der Waals surface area contributed by atoms with Gasteiger partial charge in [-0.3, -0.25) is 4.79 Å². The van der Waals surface area contributed by atoms with Crippen molar-refractivity contribution in [1.82, 2.24) is 10.6 Å². The van der Waals surface area contributed by atoms with E-state index in [2.05, 4.69) is 31.4 Å². The first-order valence-corrected chi connectivity index (χ1v) is 9.44. The van der Waals surface area contributed by atoms with Gasteiger partial charge in [-0.2, -0.15) is 0 Å². The highest BCUT2D eigenvalue weighted by Crippen LogP contribution is 1.97. The molecule has 0 saturated heterocycles. The molecule has 0 spiro atoms. The van der Waals surface area contributed by atoms with E-state index in [-0.39, 0.29) is 37.9 Å². The number of hydrogen-bond donors (Lipinski definition) is 3. The molecule has 1 unspecified atom stereocenters. The molecule has 0 aromatic heterocycles. The zero-order valence-electron chi connectivity index (χ0n) is 17.2. The number of ether oxygens (including phenoxy) is 4. The summed E-state index contributed by atoms with van der Waals surface area (Å²) >= 11 is 0. The molecule has 27 heavy (non-hydrogen) atoms. The average Bonchev–Trinajstić information content (AvgIpc) is 2.57. The summed E-state index contributed by atoms with van der Waals surface area (Å²) < 4.78 is 20.5. The number of hydrogen-bond acceptors (Lipinski definition) is 8. The molecule has 160 valence electrons. The molecule has 9 nitrogen and oxygen atoms in total. The zero-order chi connectivity index (χ0) is 20.5. The van der Waals surface area contributed by atoms with E-state index < -0.39 is 12.2 Å². The van der Waals surface area contributed by atoms with Gasteiger partial charge in [-0.15, -0.1) is 0 Å². The Hall–Kier alpha value is -1.26. The van der Waals surface area contributed by atoms with Gasteiger partial charge in [0, 0.05) is 31.7 Å². The Morgan fingerprint density at radius 3 is 2.48 bits per heavy atom. The summed E-state index contributed by atoms with van der Waals surface area (Å²) in [5.74, 6) is -0.395. The number of nitrogens with one attached hydrogen (secondary N) is 2. The fourth-order valence-electron chi connectivity index (χ4n) is 1.93. The molecule has 9 heteroatoms. The molecule has 0 aliphatic heterocycles. The third kappa shape index (κ3) is 19.3. The Labute approximate surface area is 162 Å². The summed E-state index contributed by atoms with van der Waals surface area (Å²) in [6, 6.07) is 0. The smallest absolute Gasteiger partial charge is 0.332 e. The maximum Gasteiger partial charge on any atom is 0.332 e. The minimum Gasteiger partial charge on any atom is -0.464 e. The number of esters is 1. The number of carbonyl (C=O) groups excluding carboxylic acids is 2. The van der Waals surface area contributed by atoms with Crippen molar-refractivity contribution in [2.45, 2.75) is 52.3 Å². The molecule has 0 aliphatic rings. The molecule has 0 bridgehead atoms. The van der Waals surface area contributed by atoms with Gasteiger partial charge in [0.1, 0.15) is 12.8 Å². The molecule has 0 rings (SSSR count). The predicted octanol–water partition coefficient (Wildman–Crippen LogP) is 0.169. The van der Waals surface area contributed by atoms with E-state index in [0.717, 1.165) is 6.54 Å². The fraction of sp³-hybridized carbons (Fsp3) is 0.889. The van der Waals surface area contributed by atoms with Crippen LogP contribution in [0.5, 0.6) is 0 Å². The first-order valence-electron chi connectivity index (χ1n) is 9.44. The molecule has 0 fully saturated rings. The number of carbonyl (C=O) groups is 2. The summed E-state index contributed by atoms with van der Waals surface area (Å²) in [5.41, 5.74) is 5.79. The van der Waals surface area contributed by atoms with Crippen molar-refractivity contribution in [3.63, 3.8) is 0 Å². The monoisotopic (exact) mass is 391 g/mol. The van der Waals surface area contributed by atoms with E-state index in [1.54, 1.807) is 6.92 Å². The number of nitrogens with two attached hydrogens (primary N) is 1. The van der Waals surface area contributed by atoms with Crippen LogP contribution in [-0.4, -0.2) is 76.4 Å². The second-order valence-electron chi connectivity index (χ2n) is 6.97. The molecule has 0 aromatic carbocycles. The summed E-state index contributed by atoms with van der Waals surface area (Å²) in [6.07, 6.45) is 0.454. The Balaban J connectivity index is 3.43. The molecule has 0 aliphatic carbocycles. The van der Waals surface area contributed by atoms with Gasteiger partial charge >= 0.3 is 5.97 Å². The summed E-state index contributed by atoms with van der Waals surface area (Å²) in [7, 11) is 0. The minimum absolute atomic E-state index is 0.00797. The first-order chi connectivity index (χ1) is 12.7. The predicted molar refractivity (Wildman–Crippen MR) is 102 cm³/mol. The van der Waals surface area contributed by atoms with Crippen LogP contribution in [0.1, 0.15) is 40.5 Å². The fourth-order valence-corrected chi connectivity index (χ4v) is 1.93. The van der Waals surface area contributed by atoms with E-state index in [4.69, 9.17) is 24.7 Å². The highest BCUT2D eigenvalue weighted by atomic mass is 16.6. The topological polar surface area (TPSA) is 121 Å². The van der Waals surface area contributed by atoms with Gasteiger partial charge in [0.25, 0.3) is 0 Å². The van der Waals surface area contributed by atoms with Crippen LogP contribution in [0.15, 0.2) is 0 Å². The van der Waals surface area contributed by atoms with Crippen molar-refractivity contribution in [3.05, 3.63) is 0 Å². The summed E-state index contributed by atoms with van der Waals surface area (Å²) in [4.78, 5) is 22.7. The van der Waals surface area contributed by atoms with Crippen LogP contribution in [0, 0.1) is 0 Å². The van der Waals surface area contributed by atoms with Gasteiger partial charge in [-0.1, -0.05) is 0 Å². The van der Waals surface area contributed by atoms with E-state index in [1.807, 2.05) is 0 Å². The van der Waals surface area contributed by atoms with Crippen LogP contribution in [0.2, 0.25) is 0 Å². The maximum absolute atomic E-state index is 11.7. The summed E-state index contributed by atoms with van der Waals surface area (Å²) in [6.45, 7) is 10.7. The summed E-state index contributed by atoms with van der Waals surface area (Å²) in [5, 5.41) is 6.16. The standard InChI is InChI=1S/C18H37N3O6/c1-5-26-17(23)14-25-11-12-27-15(19)13-24-10-6-7-16(22)20-8-9-21-18(2,3)4/h15,21H,5-14,19H2,1-4H3,(H,20,22). The Morgan fingerprint density at radius 1 is 1.07 bits per heavy atom. The van der Waals surface area contributed by atoms with Gasteiger partial charge in [-0.05, 0) is 34.1 Å². The largest absolute Gasteiger partial charge is 0.464 e. The molecule has 1 atom stereocenters.